The molecule has 0 aliphatic heterocycles. The molecule has 0 aromatic rings. The summed E-state index contributed by atoms with van der Waals surface area (Å²) in [5, 5.41) is 0. The normalized spacial score (nSPS) is 10.5. The first-order chi connectivity index (χ1) is 9.70. The fraction of sp³-hybridized carbons (Fsp3) is 0.882. The van der Waals surface area contributed by atoms with Crippen LogP contribution >= 0.6 is 0 Å². The van der Waals surface area contributed by atoms with Gasteiger partial charge in [0.1, 0.15) is 5.78 Å². The summed E-state index contributed by atoms with van der Waals surface area (Å²) >= 11 is 0. The topological polar surface area (TPSA) is 43.4 Å². The molecule has 0 saturated carbocycles. The zero-order chi connectivity index (χ0) is 15.1. The molecule has 0 heterocycles. The fourth-order valence-corrected chi connectivity index (χ4v) is 2.27. The summed E-state index contributed by atoms with van der Waals surface area (Å²) < 4.78 is 4.57. The lowest BCUT2D eigenvalue weighted by molar-refractivity contribution is -0.140. The highest BCUT2D eigenvalue weighted by molar-refractivity contribution is 5.78. The molecule has 20 heavy (non-hydrogen) atoms. The van der Waals surface area contributed by atoms with E-state index in [2.05, 4.69) is 11.7 Å². The zero-order valence-electron chi connectivity index (χ0n) is 13.4. The second-order valence-corrected chi connectivity index (χ2v) is 5.55. The van der Waals surface area contributed by atoms with Crippen LogP contribution in [0.5, 0.6) is 0 Å². The molecular weight excluding hydrogens is 252 g/mol. The molecular formula is C17H32O3. The van der Waals surface area contributed by atoms with Crippen molar-refractivity contribution in [1.82, 2.24) is 0 Å². The van der Waals surface area contributed by atoms with Crippen LogP contribution in [0, 0.1) is 0 Å². The summed E-state index contributed by atoms with van der Waals surface area (Å²) in [5.74, 6) is 0.232. The van der Waals surface area contributed by atoms with Gasteiger partial charge in [-0.15, -0.1) is 0 Å². The van der Waals surface area contributed by atoms with E-state index in [4.69, 9.17) is 0 Å². The highest BCUT2D eigenvalue weighted by Gasteiger charge is 2.03. The van der Waals surface area contributed by atoms with Gasteiger partial charge >= 0.3 is 5.97 Å². The molecule has 0 radical (unpaired) electrons. The Morgan fingerprint density at radius 3 is 1.70 bits per heavy atom. The maximum absolute atomic E-state index is 11.6. The molecule has 118 valence electrons. The van der Waals surface area contributed by atoms with Gasteiger partial charge in [-0.25, -0.2) is 0 Å². The minimum absolute atomic E-state index is 0.153. The Kier molecular flexibility index (Phi) is 13.9. The summed E-state index contributed by atoms with van der Waals surface area (Å²) in [7, 11) is 1.41. The highest BCUT2D eigenvalue weighted by Crippen LogP contribution is 2.11. The fourth-order valence-electron chi connectivity index (χ4n) is 2.27. The molecule has 0 saturated heterocycles. The molecule has 0 bridgehead atoms. The number of ketones is 1. The monoisotopic (exact) mass is 284 g/mol. The molecule has 0 spiro atoms. The van der Waals surface area contributed by atoms with Gasteiger partial charge in [0.05, 0.1) is 7.11 Å². The first kappa shape index (κ1) is 19.1. The van der Waals surface area contributed by atoms with Crippen LogP contribution in [0.4, 0.5) is 0 Å². The van der Waals surface area contributed by atoms with E-state index in [1.165, 1.54) is 45.6 Å². The summed E-state index contributed by atoms with van der Waals surface area (Å²) in [6.07, 6.45) is 13.4. The smallest absolute Gasteiger partial charge is 0.305 e. The van der Waals surface area contributed by atoms with E-state index in [1.807, 2.05) is 0 Å². The van der Waals surface area contributed by atoms with Gasteiger partial charge in [0, 0.05) is 19.3 Å². The van der Waals surface area contributed by atoms with Crippen molar-refractivity contribution < 1.29 is 14.3 Å². The molecule has 3 heteroatoms. The first-order valence-electron chi connectivity index (χ1n) is 8.29. The van der Waals surface area contributed by atoms with Crippen LogP contribution in [0.3, 0.4) is 0 Å². The Balaban J connectivity index is 3.23. The van der Waals surface area contributed by atoms with Gasteiger partial charge in [0.2, 0.25) is 0 Å². The van der Waals surface area contributed by atoms with Gasteiger partial charge in [-0.05, 0) is 19.3 Å². The number of hydrogen-bond acceptors (Lipinski definition) is 3. The standard InChI is InChI=1S/C17H32O3/c1-3-4-5-6-7-8-10-13-16(18)14-11-9-12-15-17(19)20-2/h3-15H2,1-2H3. The van der Waals surface area contributed by atoms with E-state index >= 15 is 0 Å². The molecule has 0 atom stereocenters. The van der Waals surface area contributed by atoms with E-state index in [0.717, 1.165) is 32.1 Å². The van der Waals surface area contributed by atoms with E-state index in [0.29, 0.717) is 18.6 Å². The van der Waals surface area contributed by atoms with Crippen LogP contribution in [-0.2, 0) is 14.3 Å². The van der Waals surface area contributed by atoms with Gasteiger partial charge in [-0.1, -0.05) is 51.9 Å². The lowest BCUT2D eigenvalue weighted by Gasteiger charge is -2.02. The number of carbonyl (C=O) groups excluding carboxylic acids is 2. The van der Waals surface area contributed by atoms with E-state index < -0.39 is 0 Å². The molecule has 0 aliphatic rings. The maximum Gasteiger partial charge on any atom is 0.305 e. The summed E-state index contributed by atoms with van der Waals surface area (Å²) in [5.41, 5.74) is 0. The molecule has 0 N–H and O–H groups in total. The van der Waals surface area contributed by atoms with Crippen molar-refractivity contribution in [2.24, 2.45) is 0 Å². The lowest BCUT2D eigenvalue weighted by Crippen LogP contribution is -2.00. The molecule has 0 amide bonds. The van der Waals surface area contributed by atoms with E-state index in [1.54, 1.807) is 0 Å². The average molecular weight is 284 g/mol. The van der Waals surface area contributed by atoms with Crippen molar-refractivity contribution in [2.45, 2.75) is 90.4 Å². The maximum atomic E-state index is 11.6. The van der Waals surface area contributed by atoms with Crippen molar-refractivity contribution in [3.8, 4) is 0 Å². The number of hydrogen-bond donors (Lipinski definition) is 0. The molecule has 0 aromatic heterocycles. The van der Waals surface area contributed by atoms with Gasteiger partial charge in [-0.3, -0.25) is 9.59 Å². The van der Waals surface area contributed by atoms with Gasteiger partial charge in [0.25, 0.3) is 0 Å². The molecule has 0 aliphatic carbocycles. The van der Waals surface area contributed by atoms with Crippen LogP contribution in [0.2, 0.25) is 0 Å². The Morgan fingerprint density at radius 2 is 1.15 bits per heavy atom. The second kappa shape index (κ2) is 14.5. The minimum atomic E-state index is -0.153. The third-order valence-corrected chi connectivity index (χ3v) is 3.62. The molecule has 0 fully saturated rings. The predicted octanol–water partition coefficient (Wildman–Crippen LogP) is 4.82. The number of esters is 1. The summed E-state index contributed by atoms with van der Waals surface area (Å²) in [6, 6.07) is 0. The Labute approximate surface area is 124 Å². The number of unbranched alkanes of at least 4 members (excludes halogenated alkanes) is 8. The van der Waals surface area contributed by atoms with Gasteiger partial charge in [0.15, 0.2) is 0 Å². The van der Waals surface area contributed by atoms with Crippen LogP contribution in [-0.4, -0.2) is 18.9 Å². The molecule has 0 aromatic carbocycles. The number of ether oxygens (including phenoxy) is 1. The van der Waals surface area contributed by atoms with Crippen LogP contribution in [0.1, 0.15) is 90.4 Å². The van der Waals surface area contributed by atoms with Crippen molar-refractivity contribution in [3.05, 3.63) is 0 Å². The Morgan fingerprint density at radius 1 is 0.700 bits per heavy atom. The number of rotatable bonds is 14. The SMILES string of the molecule is CCCCCCCCCC(=O)CCCCCC(=O)OC. The largest absolute Gasteiger partial charge is 0.469 e. The van der Waals surface area contributed by atoms with Crippen molar-refractivity contribution in [1.29, 1.82) is 0 Å². The van der Waals surface area contributed by atoms with Crippen molar-refractivity contribution in [2.75, 3.05) is 7.11 Å². The van der Waals surface area contributed by atoms with E-state index in [9.17, 15) is 9.59 Å². The number of Topliss-reactive ketones (excluding diaryl/α,β-unsaturated/α-hetero) is 1. The van der Waals surface area contributed by atoms with E-state index in [-0.39, 0.29) is 5.97 Å². The lowest BCUT2D eigenvalue weighted by atomic mass is 10.0. The third kappa shape index (κ3) is 13.6. The molecule has 0 unspecified atom stereocenters. The van der Waals surface area contributed by atoms with Crippen LogP contribution < -0.4 is 0 Å². The van der Waals surface area contributed by atoms with Gasteiger partial charge in [-0.2, -0.15) is 0 Å². The Hall–Kier alpha value is -0.860. The quantitative estimate of drug-likeness (QED) is 0.339. The van der Waals surface area contributed by atoms with Crippen molar-refractivity contribution in [3.63, 3.8) is 0 Å². The minimum Gasteiger partial charge on any atom is -0.469 e. The molecule has 0 rings (SSSR count). The number of methoxy groups -OCH3 is 1. The third-order valence-electron chi connectivity index (χ3n) is 3.62. The summed E-state index contributed by atoms with van der Waals surface area (Å²) in [6.45, 7) is 2.23. The van der Waals surface area contributed by atoms with Gasteiger partial charge < -0.3 is 4.74 Å². The molecule has 3 nitrogen and oxygen atoms in total. The van der Waals surface area contributed by atoms with Crippen LogP contribution in [0.25, 0.3) is 0 Å². The average Bonchev–Trinajstić information content (AvgIpc) is 2.45. The van der Waals surface area contributed by atoms with Crippen molar-refractivity contribution >= 4 is 11.8 Å². The Bertz CT molecular complexity index is 249. The predicted molar refractivity (Wildman–Crippen MR) is 82.7 cm³/mol. The zero-order valence-corrected chi connectivity index (χ0v) is 13.4. The second-order valence-electron chi connectivity index (χ2n) is 5.55. The van der Waals surface area contributed by atoms with Crippen LogP contribution in [0.15, 0.2) is 0 Å². The first-order valence-corrected chi connectivity index (χ1v) is 8.29. The highest BCUT2D eigenvalue weighted by atomic mass is 16.5. The summed E-state index contributed by atoms with van der Waals surface area (Å²) in [4.78, 5) is 22.5. The number of carbonyl (C=O) groups is 2.